The van der Waals surface area contributed by atoms with Gasteiger partial charge in [-0.15, -0.1) is 0 Å². The Morgan fingerprint density at radius 2 is 2.30 bits per heavy atom. The van der Waals surface area contributed by atoms with Gasteiger partial charge in [-0.3, -0.25) is 4.99 Å². The molecule has 0 aromatic heterocycles. The van der Waals surface area contributed by atoms with Crippen LogP contribution in [0.2, 0.25) is 0 Å². The monoisotopic (exact) mass is 141 g/mol. The van der Waals surface area contributed by atoms with E-state index in [9.17, 15) is 4.79 Å². The molecule has 10 heavy (non-hydrogen) atoms. The molecule has 0 aliphatic heterocycles. The van der Waals surface area contributed by atoms with E-state index in [1.807, 2.05) is 6.92 Å². The van der Waals surface area contributed by atoms with Crippen molar-refractivity contribution < 1.29 is 9.90 Å². The molecule has 0 aliphatic carbocycles. The van der Waals surface area contributed by atoms with Crippen LogP contribution < -0.4 is 0 Å². The van der Waals surface area contributed by atoms with Crippen LogP contribution >= 0.6 is 0 Å². The fraction of sp³-hybridized carbons (Fsp3) is 0.429. The van der Waals surface area contributed by atoms with Crippen LogP contribution in [0.5, 0.6) is 0 Å². The van der Waals surface area contributed by atoms with E-state index in [-0.39, 0.29) is 5.71 Å². The first-order valence-corrected chi connectivity index (χ1v) is 3.09. The molecule has 0 atom stereocenters. The molecule has 0 unspecified atom stereocenters. The van der Waals surface area contributed by atoms with E-state index < -0.39 is 5.97 Å². The normalized spacial score (nSPS) is 12.4. The summed E-state index contributed by atoms with van der Waals surface area (Å²) in [5.41, 5.74) is 0.0989. The maximum Gasteiger partial charge on any atom is 0.354 e. The lowest BCUT2D eigenvalue weighted by molar-refractivity contribution is -0.129. The van der Waals surface area contributed by atoms with Crippen molar-refractivity contribution in [1.82, 2.24) is 0 Å². The molecule has 0 aliphatic rings. The summed E-state index contributed by atoms with van der Waals surface area (Å²) in [5.74, 6) is -0.979. The fourth-order valence-corrected chi connectivity index (χ4v) is 0.471. The number of hydrogen-bond donors (Lipinski definition) is 1. The largest absolute Gasteiger partial charge is 0.477 e. The van der Waals surface area contributed by atoms with Gasteiger partial charge in [0.05, 0.1) is 0 Å². The lowest BCUT2D eigenvalue weighted by atomic mass is 10.3. The van der Waals surface area contributed by atoms with Crippen molar-refractivity contribution >= 4 is 11.7 Å². The average Bonchev–Trinajstić information content (AvgIpc) is 1.89. The summed E-state index contributed by atoms with van der Waals surface area (Å²) in [6.07, 6.45) is 4.09. The highest BCUT2D eigenvalue weighted by Gasteiger charge is 2.00. The van der Waals surface area contributed by atoms with Gasteiger partial charge in [-0.1, -0.05) is 13.0 Å². The third-order valence-electron chi connectivity index (χ3n) is 0.971. The van der Waals surface area contributed by atoms with Gasteiger partial charge in [0.15, 0.2) is 0 Å². The average molecular weight is 141 g/mol. The van der Waals surface area contributed by atoms with Gasteiger partial charge in [0, 0.05) is 7.05 Å². The van der Waals surface area contributed by atoms with E-state index in [1.54, 1.807) is 6.08 Å². The highest BCUT2D eigenvalue weighted by atomic mass is 16.4. The third kappa shape index (κ3) is 3.02. The first kappa shape index (κ1) is 8.88. The number of carbonyl (C=O) groups is 1. The quantitative estimate of drug-likeness (QED) is 0.598. The topological polar surface area (TPSA) is 49.7 Å². The number of hydrogen-bond acceptors (Lipinski definition) is 2. The van der Waals surface area contributed by atoms with Gasteiger partial charge in [0.25, 0.3) is 0 Å². The Morgan fingerprint density at radius 1 is 1.70 bits per heavy atom. The smallest absolute Gasteiger partial charge is 0.354 e. The van der Waals surface area contributed by atoms with E-state index in [1.165, 1.54) is 13.1 Å². The minimum Gasteiger partial charge on any atom is -0.477 e. The molecule has 3 heteroatoms. The van der Waals surface area contributed by atoms with E-state index in [4.69, 9.17) is 5.11 Å². The maximum absolute atomic E-state index is 10.3. The van der Waals surface area contributed by atoms with Crippen molar-refractivity contribution in [3.8, 4) is 0 Å². The van der Waals surface area contributed by atoms with Gasteiger partial charge in [-0.2, -0.15) is 0 Å². The first-order valence-electron chi connectivity index (χ1n) is 3.09. The Bertz CT molecular complexity index is 170. The van der Waals surface area contributed by atoms with Crippen molar-refractivity contribution in [2.75, 3.05) is 7.05 Å². The van der Waals surface area contributed by atoms with Crippen LogP contribution in [0, 0.1) is 0 Å². The highest BCUT2D eigenvalue weighted by Crippen LogP contribution is 1.84. The summed E-state index contributed by atoms with van der Waals surface area (Å²) < 4.78 is 0. The van der Waals surface area contributed by atoms with E-state index in [0.29, 0.717) is 0 Å². The first-order chi connectivity index (χ1) is 4.72. The summed E-state index contributed by atoms with van der Waals surface area (Å²) in [6.45, 7) is 1.94. The van der Waals surface area contributed by atoms with Crippen molar-refractivity contribution in [3.05, 3.63) is 12.2 Å². The molecule has 56 valence electrons. The van der Waals surface area contributed by atoms with Crippen LogP contribution in [0.3, 0.4) is 0 Å². The Hall–Kier alpha value is -1.12. The number of nitrogens with zero attached hydrogens (tertiary/aromatic N) is 1. The zero-order valence-corrected chi connectivity index (χ0v) is 6.16. The molecule has 0 saturated carbocycles. The number of aliphatic imine (C=N–C) groups is 1. The molecular weight excluding hydrogens is 130 g/mol. The molecule has 0 heterocycles. The van der Waals surface area contributed by atoms with Gasteiger partial charge in [-0.25, -0.2) is 4.79 Å². The molecule has 0 radical (unpaired) electrons. The van der Waals surface area contributed by atoms with Crippen molar-refractivity contribution in [1.29, 1.82) is 0 Å². The number of carboxylic acid groups (broad SMARTS) is 1. The predicted molar refractivity (Wildman–Crippen MR) is 40.4 cm³/mol. The van der Waals surface area contributed by atoms with Crippen LogP contribution in [-0.2, 0) is 4.79 Å². The molecule has 0 aromatic carbocycles. The number of carboxylic acids is 1. The molecule has 0 spiro atoms. The summed E-state index contributed by atoms with van der Waals surface area (Å²) in [7, 11) is 1.46. The van der Waals surface area contributed by atoms with Crippen LogP contribution in [0.1, 0.15) is 13.3 Å². The zero-order chi connectivity index (χ0) is 7.98. The lowest BCUT2D eigenvalue weighted by Crippen LogP contribution is -2.09. The van der Waals surface area contributed by atoms with E-state index in [0.717, 1.165) is 6.42 Å². The van der Waals surface area contributed by atoms with Gasteiger partial charge < -0.3 is 5.11 Å². The van der Waals surface area contributed by atoms with Crippen LogP contribution in [0.4, 0.5) is 0 Å². The minimum atomic E-state index is -0.979. The molecule has 0 saturated heterocycles. The third-order valence-corrected chi connectivity index (χ3v) is 0.971. The van der Waals surface area contributed by atoms with Gasteiger partial charge >= 0.3 is 5.97 Å². The second kappa shape index (κ2) is 4.73. The molecule has 0 fully saturated rings. The van der Waals surface area contributed by atoms with Gasteiger partial charge in [0.1, 0.15) is 5.71 Å². The maximum atomic E-state index is 10.3. The Morgan fingerprint density at radius 3 is 2.60 bits per heavy atom. The van der Waals surface area contributed by atoms with Crippen LogP contribution in [0.25, 0.3) is 0 Å². The number of rotatable bonds is 3. The molecule has 3 nitrogen and oxygen atoms in total. The Labute approximate surface area is 60.1 Å². The number of aliphatic carboxylic acids is 1. The second-order valence-corrected chi connectivity index (χ2v) is 1.72. The van der Waals surface area contributed by atoms with Crippen molar-refractivity contribution in [2.24, 2.45) is 4.99 Å². The minimum absolute atomic E-state index is 0.0989. The lowest BCUT2D eigenvalue weighted by Gasteiger charge is -1.88. The summed E-state index contributed by atoms with van der Waals surface area (Å²) >= 11 is 0. The summed E-state index contributed by atoms with van der Waals surface area (Å²) in [6, 6.07) is 0. The zero-order valence-electron chi connectivity index (χ0n) is 6.16. The van der Waals surface area contributed by atoms with E-state index >= 15 is 0 Å². The highest BCUT2D eigenvalue weighted by molar-refractivity contribution is 6.40. The fourth-order valence-electron chi connectivity index (χ4n) is 0.471. The number of allylic oxidation sites excluding steroid dienone is 1. The molecule has 0 aromatic rings. The van der Waals surface area contributed by atoms with Crippen molar-refractivity contribution in [3.63, 3.8) is 0 Å². The van der Waals surface area contributed by atoms with Crippen LogP contribution in [-0.4, -0.2) is 23.8 Å². The van der Waals surface area contributed by atoms with Gasteiger partial charge in [0.2, 0.25) is 0 Å². The summed E-state index contributed by atoms with van der Waals surface area (Å²) in [5, 5.41) is 8.42. The van der Waals surface area contributed by atoms with E-state index in [2.05, 4.69) is 4.99 Å². The second-order valence-electron chi connectivity index (χ2n) is 1.72. The summed E-state index contributed by atoms with van der Waals surface area (Å²) in [4.78, 5) is 13.8. The van der Waals surface area contributed by atoms with Crippen molar-refractivity contribution in [2.45, 2.75) is 13.3 Å². The Balaban J connectivity index is 4.12. The van der Waals surface area contributed by atoms with Gasteiger partial charge in [-0.05, 0) is 12.5 Å². The molecular formula is C7H11NO2. The molecule has 1 N–H and O–H groups in total. The molecule has 0 amide bonds. The SMILES string of the molecule is CC/C=C\C(=N/C)C(=O)O. The molecule has 0 rings (SSSR count). The molecule has 0 bridgehead atoms. The Kier molecular flexibility index (Phi) is 4.20. The predicted octanol–water partition coefficient (Wildman–Crippen LogP) is 1.11. The van der Waals surface area contributed by atoms with Crippen LogP contribution in [0.15, 0.2) is 17.1 Å². The standard InChI is InChI=1S/C7H11NO2/c1-3-4-5-6(8-2)7(9)10/h4-5H,3H2,1-2H3,(H,9,10)/b5-4-,8-6+.